The number of furan rings is 1. The third kappa shape index (κ3) is 4.56. The van der Waals surface area contributed by atoms with Crippen molar-refractivity contribution in [3.05, 3.63) is 58.5 Å². The van der Waals surface area contributed by atoms with Gasteiger partial charge in [-0.2, -0.15) is 5.10 Å². The van der Waals surface area contributed by atoms with Crippen LogP contribution in [-0.4, -0.2) is 11.6 Å². The number of halogens is 1. The number of hydrogen-bond acceptors (Lipinski definition) is 3. The fourth-order valence-electron chi connectivity index (χ4n) is 1.85. The van der Waals surface area contributed by atoms with Crippen molar-refractivity contribution < 1.29 is 9.21 Å². The highest BCUT2D eigenvalue weighted by Crippen LogP contribution is 2.14. The highest BCUT2D eigenvalue weighted by molar-refractivity contribution is 9.10. The van der Waals surface area contributed by atoms with Gasteiger partial charge in [-0.15, -0.1) is 0 Å². The summed E-state index contributed by atoms with van der Waals surface area (Å²) in [6.45, 7) is 4.23. The molecule has 21 heavy (non-hydrogen) atoms. The van der Waals surface area contributed by atoms with Gasteiger partial charge in [0.1, 0.15) is 0 Å². The van der Waals surface area contributed by atoms with E-state index in [-0.39, 0.29) is 11.7 Å². The zero-order valence-electron chi connectivity index (χ0n) is 12.0. The fraction of sp³-hybridized carbons (Fsp3) is 0.250. The SMILES string of the molecule is CC(C)C/C(=N\NC(=O)c1ccc(Br)o1)c1ccccc1. The lowest BCUT2D eigenvalue weighted by Gasteiger charge is -2.09. The van der Waals surface area contributed by atoms with Crippen LogP contribution in [0.25, 0.3) is 0 Å². The molecule has 1 aromatic heterocycles. The lowest BCUT2D eigenvalue weighted by atomic mass is 10.0. The lowest BCUT2D eigenvalue weighted by Crippen LogP contribution is -2.20. The summed E-state index contributed by atoms with van der Waals surface area (Å²) in [7, 11) is 0. The van der Waals surface area contributed by atoms with Crippen molar-refractivity contribution in [2.45, 2.75) is 20.3 Å². The summed E-state index contributed by atoms with van der Waals surface area (Å²) in [5.74, 6) is 0.305. The Morgan fingerprint density at radius 1 is 1.24 bits per heavy atom. The molecule has 0 fully saturated rings. The van der Waals surface area contributed by atoms with Gasteiger partial charge in [0.25, 0.3) is 0 Å². The van der Waals surface area contributed by atoms with Crippen LogP contribution in [0.4, 0.5) is 0 Å². The second-order valence-electron chi connectivity index (χ2n) is 5.07. The van der Waals surface area contributed by atoms with Crippen LogP contribution >= 0.6 is 15.9 Å². The normalized spacial score (nSPS) is 11.7. The van der Waals surface area contributed by atoms with E-state index in [1.165, 1.54) is 0 Å². The third-order valence-corrected chi connectivity index (χ3v) is 3.22. The molecule has 110 valence electrons. The van der Waals surface area contributed by atoms with E-state index < -0.39 is 0 Å². The minimum atomic E-state index is -0.363. The zero-order valence-corrected chi connectivity index (χ0v) is 13.6. The van der Waals surface area contributed by atoms with E-state index in [1.807, 2.05) is 30.3 Å². The molecule has 0 atom stereocenters. The molecule has 0 unspecified atom stereocenters. The molecule has 1 amide bonds. The van der Waals surface area contributed by atoms with E-state index in [2.05, 4.69) is 40.3 Å². The molecule has 0 bridgehead atoms. The largest absolute Gasteiger partial charge is 0.444 e. The standard InChI is InChI=1S/C16H17BrN2O2/c1-11(2)10-13(12-6-4-3-5-7-12)18-19-16(20)14-8-9-15(17)21-14/h3-9,11H,10H2,1-2H3,(H,19,20)/b18-13+. The maximum atomic E-state index is 11.9. The summed E-state index contributed by atoms with van der Waals surface area (Å²) in [4.78, 5) is 11.9. The number of benzene rings is 1. The summed E-state index contributed by atoms with van der Waals surface area (Å²) < 4.78 is 5.72. The molecular formula is C16H17BrN2O2. The first-order valence-electron chi connectivity index (χ1n) is 6.74. The topological polar surface area (TPSA) is 54.6 Å². The van der Waals surface area contributed by atoms with E-state index in [0.29, 0.717) is 10.6 Å². The van der Waals surface area contributed by atoms with Crippen molar-refractivity contribution in [3.8, 4) is 0 Å². The fourth-order valence-corrected chi connectivity index (χ4v) is 2.16. The quantitative estimate of drug-likeness (QED) is 0.649. The van der Waals surface area contributed by atoms with Crippen LogP contribution in [0.2, 0.25) is 0 Å². The van der Waals surface area contributed by atoms with Crippen LogP contribution in [0, 0.1) is 5.92 Å². The molecule has 0 aliphatic heterocycles. The number of carbonyl (C=O) groups excluding carboxylic acids is 1. The van der Waals surface area contributed by atoms with Crippen molar-refractivity contribution in [2.24, 2.45) is 11.0 Å². The van der Waals surface area contributed by atoms with Gasteiger partial charge in [-0.3, -0.25) is 4.79 Å². The van der Waals surface area contributed by atoms with Crippen molar-refractivity contribution in [1.82, 2.24) is 5.43 Å². The predicted octanol–water partition coefficient (Wildman–Crippen LogP) is 4.22. The second-order valence-corrected chi connectivity index (χ2v) is 5.85. The second kappa shape index (κ2) is 7.22. The van der Waals surface area contributed by atoms with Crippen molar-refractivity contribution in [1.29, 1.82) is 0 Å². The van der Waals surface area contributed by atoms with Crippen LogP contribution in [0.3, 0.4) is 0 Å². The molecule has 1 aromatic carbocycles. The minimum absolute atomic E-state index is 0.225. The van der Waals surface area contributed by atoms with Gasteiger partial charge in [-0.1, -0.05) is 44.2 Å². The van der Waals surface area contributed by atoms with Crippen LogP contribution in [-0.2, 0) is 0 Å². The lowest BCUT2D eigenvalue weighted by molar-refractivity contribution is 0.0926. The third-order valence-electron chi connectivity index (χ3n) is 2.80. The van der Waals surface area contributed by atoms with Crippen molar-refractivity contribution in [2.75, 3.05) is 0 Å². The molecule has 0 saturated heterocycles. The molecule has 2 rings (SSSR count). The molecule has 5 heteroatoms. The molecular weight excluding hydrogens is 332 g/mol. The minimum Gasteiger partial charge on any atom is -0.444 e. The summed E-state index contributed by atoms with van der Waals surface area (Å²) in [5, 5.41) is 4.26. The van der Waals surface area contributed by atoms with Gasteiger partial charge in [0.2, 0.25) is 0 Å². The van der Waals surface area contributed by atoms with Crippen LogP contribution in [0.5, 0.6) is 0 Å². The first kappa shape index (κ1) is 15.5. The number of rotatable bonds is 5. The maximum Gasteiger partial charge on any atom is 0.307 e. The Labute approximate surface area is 132 Å². The maximum absolute atomic E-state index is 11.9. The van der Waals surface area contributed by atoms with E-state index >= 15 is 0 Å². The first-order chi connectivity index (χ1) is 10.1. The smallest absolute Gasteiger partial charge is 0.307 e. The Bertz CT molecular complexity index is 633. The molecule has 1 N–H and O–H groups in total. The molecule has 0 spiro atoms. The Morgan fingerprint density at radius 2 is 1.95 bits per heavy atom. The van der Waals surface area contributed by atoms with E-state index in [0.717, 1.165) is 17.7 Å². The monoisotopic (exact) mass is 348 g/mol. The highest BCUT2D eigenvalue weighted by Gasteiger charge is 2.11. The Balaban J connectivity index is 2.15. The van der Waals surface area contributed by atoms with Crippen molar-refractivity contribution in [3.63, 3.8) is 0 Å². The average molecular weight is 349 g/mol. The molecule has 1 heterocycles. The first-order valence-corrected chi connectivity index (χ1v) is 7.53. The van der Waals surface area contributed by atoms with Gasteiger partial charge in [0.15, 0.2) is 10.4 Å². The Hall–Kier alpha value is -1.88. The molecule has 0 radical (unpaired) electrons. The van der Waals surface area contributed by atoms with Gasteiger partial charge >= 0.3 is 5.91 Å². The van der Waals surface area contributed by atoms with Gasteiger partial charge < -0.3 is 4.42 Å². The molecule has 4 nitrogen and oxygen atoms in total. The number of hydrazone groups is 1. The van der Waals surface area contributed by atoms with Crippen molar-refractivity contribution >= 4 is 27.5 Å². The van der Waals surface area contributed by atoms with Crippen LogP contribution in [0.1, 0.15) is 36.4 Å². The number of nitrogens with one attached hydrogen (secondary N) is 1. The number of carbonyl (C=O) groups is 1. The van der Waals surface area contributed by atoms with Gasteiger partial charge in [-0.25, -0.2) is 5.43 Å². The number of amides is 1. The number of hydrogen-bond donors (Lipinski definition) is 1. The Morgan fingerprint density at radius 3 is 2.52 bits per heavy atom. The van der Waals surface area contributed by atoms with Gasteiger partial charge in [0, 0.05) is 0 Å². The number of nitrogens with zero attached hydrogens (tertiary/aromatic N) is 1. The molecule has 2 aromatic rings. The van der Waals surface area contributed by atoms with E-state index in [4.69, 9.17) is 4.42 Å². The molecule has 0 aliphatic carbocycles. The van der Waals surface area contributed by atoms with E-state index in [9.17, 15) is 4.79 Å². The van der Waals surface area contributed by atoms with E-state index in [1.54, 1.807) is 12.1 Å². The van der Waals surface area contributed by atoms with Crippen LogP contribution < -0.4 is 5.43 Å². The summed E-state index contributed by atoms with van der Waals surface area (Å²) in [6, 6.07) is 13.1. The van der Waals surface area contributed by atoms with Crippen LogP contribution in [0.15, 0.2) is 56.7 Å². The van der Waals surface area contributed by atoms with Gasteiger partial charge in [-0.05, 0) is 46.0 Å². The molecule has 0 aliphatic rings. The Kier molecular flexibility index (Phi) is 5.33. The summed E-state index contributed by atoms with van der Waals surface area (Å²) in [6.07, 6.45) is 0.784. The average Bonchev–Trinajstić information content (AvgIpc) is 2.90. The highest BCUT2D eigenvalue weighted by atomic mass is 79.9. The predicted molar refractivity (Wildman–Crippen MR) is 86.3 cm³/mol. The zero-order chi connectivity index (χ0) is 15.2. The summed E-state index contributed by atoms with van der Waals surface area (Å²) in [5.41, 5.74) is 4.41. The van der Waals surface area contributed by atoms with Gasteiger partial charge in [0.05, 0.1) is 5.71 Å². The molecule has 0 saturated carbocycles. The summed E-state index contributed by atoms with van der Waals surface area (Å²) >= 11 is 3.17.